The Morgan fingerprint density at radius 1 is 1.47 bits per heavy atom. The van der Waals surface area contributed by atoms with E-state index >= 15 is 0 Å². The number of hydrogen-bond donors (Lipinski definition) is 2. The van der Waals surface area contributed by atoms with Crippen LogP contribution in [0.15, 0.2) is 10.9 Å². The summed E-state index contributed by atoms with van der Waals surface area (Å²) in [4.78, 5) is 8.05. The topological polar surface area (TPSA) is 107 Å². The summed E-state index contributed by atoms with van der Waals surface area (Å²) in [5, 5.41) is 10.1. The van der Waals surface area contributed by atoms with E-state index in [2.05, 4.69) is 25.3 Å². The summed E-state index contributed by atoms with van der Waals surface area (Å²) in [5.74, 6) is 1.50. The molecule has 80 valence electrons. The fourth-order valence-electron chi connectivity index (χ4n) is 1.07. The molecule has 0 saturated heterocycles. The molecule has 7 nitrogen and oxygen atoms in total. The monoisotopic (exact) mass is 208 g/mol. The first-order chi connectivity index (χ1) is 7.18. The Morgan fingerprint density at radius 2 is 2.27 bits per heavy atom. The molecule has 2 aromatic rings. The Balaban J connectivity index is 2.25. The second kappa shape index (κ2) is 3.77. The summed E-state index contributed by atoms with van der Waals surface area (Å²) >= 11 is 0. The fraction of sp³-hybridized carbons (Fsp3) is 0.500. The Bertz CT molecular complexity index is 420. The molecule has 0 aliphatic heterocycles. The van der Waals surface area contributed by atoms with E-state index in [0.29, 0.717) is 17.5 Å². The van der Waals surface area contributed by atoms with Gasteiger partial charge < -0.3 is 10.3 Å². The largest absolute Gasteiger partial charge is 0.337 e. The van der Waals surface area contributed by atoms with Gasteiger partial charge in [0, 0.05) is 0 Å². The Labute approximate surface area is 86.1 Å². The van der Waals surface area contributed by atoms with Crippen molar-refractivity contribution in [1.29, 1.82) is 0 Å². The predicted molar refractivity (Wildman–Crippen MR) is 51.4 cm³/mol. The number of nitrogens with two attached hydrogens (primary N) is 1. The summed E-state index contributed by atoms with van der Waals surface area (Å²) in [5.41, 5.74) is 5.86. The molecule has 0 spiro atoms. The maximum Gasteiger partial charge on any atom is 0.244 e. The molecule has 2 aromatic heterocycles. The molecule has 0 unspecified atom stereocenters. The van der Waals surface area contributed by atoms with Crippen molar-refractivity contribution in [3.63, 3.8) is 0 Å². The Hall–Kier alpha value is -1.76. The lowest BCUT2D eigenvalue weighted by Gasteiger charge is -2.08. The zero-order chi connectivity index (χ0) is 10.8. The lowest BCUT2D eigenvalue weighted by atomic mass is 10.1. The lowest BCUT2D eigenvalue weighted by Crippen LogP contribution is -2.16. The van der Waals surface area contributed by atoms with Gasteiger partial charge in [0.1, 0.15) is 6.33 Å². The fourth-order valence-corrected chi connectivity index (χ4v) is 1.07. The highest BCUT2D eigenvalue weighted by molar-refractivity contribution is 5.39. The molecule has 0 aliphatic rings. The number of nitrogens with one attached hydrogen (secondary N) is 1. The van der Waals surface area contributed by atoms with E-state index in [1.807, 2.05) is 13.8 Å². The molecule has 0 saturated carbocycles. The normalized spacial score (nSPS) is 13.3. The third-order valence-electron chi connectivity index (χ3n) is 2.07. The van der Waals surface area contributed by atoms with Crippen LogP contribution >= 0.6 is 0 Å². The SMILES string of the molecule is CC(C)[C@@H](N)c1nc(-c2ncn[nH]2)no1. The number of rotatable bonds is 3. The van der Waals surface area contributed by atoms with Crippen molar-refractivity contribution in [2.75, 3.05) is 0 Å². The molecule has 1 atom stereocenters. The third-order valence-corrected chi connectivity index (χ3v) is 2.07. The summed E-state index contributed by atoms with van der Waals surface area (Å²) < 4.78 is 5.04. The number of aromatic nitrogens is 5. The van der Waals surface area contributed by atoms with Crippen molar-refractivity contribution in [2.24, 2.45) is 11.7 Å². The summed E-state index contributed by atoms with van der Waals surface area (Å²) in [6.45, 7) is 3.98. The third kappa shape index (κ3) is 1.86. The van der Waals surface area contributed by atoms with Crippen LogP contribution in [-0.2, 0) is 0 Å². The molecule has 0 amide bonds. The van der Waals surface area contributed by atoms with Crippen LogP contribution in [0.25, 0.3) is 11.6 Å². The van der Waals surface area contributed by atoms with Gasteiger partial charge in [0.2, 0.25) is 11.7 Å². The summed E-state index contributed by atoms with van der Waals surface area (Å²) in [6, 6.07) is -0.255. The van der Waals surface area contributed by atoms with Crippen molar-refractivity contribution < 1.29 is 4.52 Å². The van der Waals surface area contributed by atoms with Crippen LogP contribution < -0.4 is 5.73 Å². The molecule has 7 heteroatoms. The number of nitrogens with zero attached hydrogens (tertiary/aromatic N) is 4. The van der Waals surface area contributed by atoms with E-state index in [1.54, 1.807) is 0 Å². The maximum atomic E-state index is 5.86. The molecule has 3 N–H and O–H groups in total. The molecule has 15 heavy (non-hydrogen) atoms. The van der Waals surface area contributed by atoms with Gasteiger partial charge in [0.15, 0.2) is 5.82 Å². The highest BCUT2D eigenvalue weighted by Gasteiger charge is 2.19. The molecule has 2 rings (SSSR count). The van der Waals surface area contributed by atoms with Gasteiger partial charge in [-0.25, -0.2) is 4.98 Å². The molecule has 0 fully saturated rings. The van der Waals surface area contributed by atoms with Gasteiger partial charge in [-0.3, -0.25) is 5.10 Å². The Morgan fingerprint density at radius 3 is 2.87 bits per heavy atom. The van der Waals surface area contributed by atoms with E-state index in [1.165, 1.54) is 6.33 Å². The summed E-state index contributed by atoms with van der Waals surface area (Å²) in [6.07, 6.45) is 1.38. The van der Waals surface area contributed by atoms with Crippen LogP contribution in [0, 0.1) is 5.92 Å². The molecule has 0 aromatic carbocycles. The van der Waals surface area contributed by atoms with Gasteiger partial charge in [-0.15, -0.1) is 0 Å². The van der Waals surface area contributed by atoms with Crippen LogP contribution in [0.4, 0.5) is 0 Å². The second-order valence-corrected chi connectivity index (χ2v) is 3.56. The van der Waals surface area contributed by atoms with Crippen LogP contribution in [-0.4, -0.2) is 25.3 Å². The minimum absolute atomic E-state index is 0.244. The van der Waals surface area contributed by atoms with E-state index < -0.39 is 0 Å². The summed E-state index contributed by atoms with van der Waals surface area (Å²) in [7, 11) is 0. The van der Waals surface area contributed by atoms with Gasteiger partial charge in [-0.05, 0) is 5.92 Å². The van der Waals surface area contributed by atoms with Crippen LogP contribution in [0.5, 0.6) is 0 Å². The van der Waals surface area contributed by atoms with Gasteiger partial charge in [0.05, 0.1) is 6.04 Å². The van der Waals surface area contributed by atoms with Crippen LogP contribution in [0.1, 0.15) is 25.8 Å². The van der Waals surface area contributed by atoms with Crippen molar-refractivity contribution >= 4 is 0 Å². The minimum atomic E-state index is -0.255. The lowest BCUT2D eigenvalue weighted by molar-refractivity contribution is 0.325. The zero-order valence-electron chi connectivity index (χ0n) is 8.51. The standard InChI is InChI=1S/C8H12N6O/c1-4(2)5(9)8-12-7(14-15-8)6-10-3-11-13-6/h3-5H,9H2,1-2H3,(H,10,11,13)/t5-/m1/s1. The molecule has 0 radical (unpaired) electrons. The highest BCUT2D eigenvalue weighted by atomic mass is 16.5. The average Bonchev–Trinajstić information content (AvgIpc) is 2.86. The number of hydrogen-bond acceptors (Lipinski definition) is 6. The minimum Gasteiger partial charge on any atom is -0.337 e. The quantitative estimate of drug-likeness (QED) is 0.761. The first-order valence-electron chi connectivity index (χ1n) is 4.63. The first kappa shape index (κ1) is 9.78. The van der Waals surface area contributed by atoms with E-state index in [0.717, 1.165) is 0 Å². The predicted octanol–water partition coefficient (Wildman–Crippen LogP) is 0.510. The molecule has 0 bridgehead atoms. The van der Waals surface area contributed by atoms with Crippen molar-refractivity contribution in [1.82, 2.24) is 25.3 Å². The maximum absolute atomic E-state index is 5.86. The van der Waals surface area contributed by atoms with Crippen molar-refractivity contribution in [3.8, 4) is 11.6 Å². The van der Waals surface area contributed by atoms with E-state index in [-0.39, 0.29) is 12.0 Å². The number of aromatic amines is 1. The Kier molecular flexibility index (Phi) is 2.46. The van der Waals surface area contributed by atoms with E-state index in [4.69, 9.17) is 10.3 Å². The smallest absolute Gasteiger partial charge is 0.244 e. The molecular formula is C8H12N6O. The molecular weight excluding hydrogens is 196 g/mol. The van der Waals surface area contributed by atoms with Crippen LogP contribution in [0.3, 0.4) is 0 Å². The zero-order valence-corrected chi connectivity index (χ0v) is 8.51. The van der Waals surface area contributed by atoms with Gasteiger partial charge in [-0.1, -0.05) is 19.0 Å². The van der Waals surface area contributed by atoms with E-state index in [9.17, 15) is 0 Å². The van der Waals surface area contributed by atoms with Crippen molar-refractivity contribution in [2.45, 2.75) is 19.9 Å². The second-order valence-electron chi connectivity index (χ2n) is 3.56. The van der Waals surface area contributed by atoms with Crippen LogP contribution in [0.2, 0.25) is 0 Å². The first-order valence-corrected chi connectivity index (χ1v) is 4.63. The van der Waals surface area contributed by atoms with Gasteiger partial charge in [0.25, 0.3) is 0 Å². The van der Waals surface area contributed by atoms with Crippen molar-refractivity contribution in [3.05, 3.63) is 12.2 Å². The average molecular weight is 208 g/mol. The number of H-pyrrole nitrogens is 1. The highest BCUT2D eigenvalue weighted by Crippen LogP contribution is 2.18. The van der Waals surface area contributed by atoms with Gasteiger partial charge in [-0.2, -0.15) is 10.1 Å². The molecule has 2 heterocycles. The van der Waals surface area contributed by atoms with Gasteiger partial charge >= 0.3 is 0 Å². The molecule has 0 aliphatic carbocycles.